The van der Waals surface area contributed by atoms with Crippen LogP contribution in [-0.2, 0) is 18.4 Å². The van der Waals surface area contributed by atoms with Crippen molar-refractivity contribution in [2.75, 3.05) is 11.9 Å². The van der Waals surface area contributed by atoms with Crippen LogP contribution in [0.1, 0.15) is 40.6 Å². The van der Waals surface area contributed by atoms with Gasteiger partial charge in [0.05, 0.1) is 18.3 Å². The van der Waals surface area contributed by atoms with Crippen LogP contribution in [0, 0.1) is 5.82 Å². The van der Waals surface area contributed by atoms with Crippen LogP contribution in [0.5, 0.6) is 0 Å². The van der Waals surface area contributed by atoms with E-state index in [1.54, 1.807) is 12.1 Å². The number of benzene rings is 2. The molecule has 1 saturated heterocycles. The van der Waals surface area contributed by atoms with Crippen molar-refractivity contribution in [3.8, 4) is 0 Å². The van der Waals surface area contributed by atoms with Crippen molar-refractivity contribution in [1.29, 1.82) is 0 Å². The van der Waals surface area contributed by atoms with Gasteiger partial charge in [0.15, 0.2) is 0 Å². The zero-order valence-electron chi connectivity index (χ0n) is 15.0. The molecule has 3 aromatic rings. The van der Waals surface area contributed by atoms with E-state index in [0.29, 0.717) is 12.3 Å². The lowest BCUT2D eigenvalue weighted by Gasteiger charge is -2.12. The maximum atomic E-state index is 14.5. The molecule has 1 aliphatic rings. The Bertz CT molecular complexity index is 1010. The lowest BCUT2D eigenvalue weighted by atomic mass is 10.0. The standard InChI is InChI=1S/C21H21FN2O3/c1-24-16(12-25)10-14-9-15(5-7-19(14)24)23-21(26)17-6-4-13(11-18(17)22)20-3-2-8-27-20/h4-7,9-11,20,25H,2-3,8,12H2,1H3,(H,23,26)/t20-/m0/s1. The van der Waals surface area contributed by atoms with Crippen molar-refractivity contribution in [3.63, 3.8) is 0 Å². The lowest BCUT2D eigenvalue weighted by Crippen LogP contribution is -2.14. The number of hydrogen-bond acceptors (Lipinski definition) is 3. The molecule has 1 aliphatic heterocycles. The molecular formula is C21H21FN2O3. The number of halogens is 1. The molecule has 4 rings (SSSR count). The van der Waals surface area contributed by atoms with Gasteiger partial charge in [-0.05, 0) is 54.8 Å². The van der Waals surface area contributed by atoms with Gasteiger partial charge in [-0.15, -0.1) is 0 Å². The van der Waals surface area contributed by atoms with E-state index >= 15 is 0 Å². The first-order valence-corrected chi connectivity index (χ1v) is 8.98. The minimum absolute atomic E-state index is 0.000882. The van der Waals surface area contributed by atoms with Crippen LogP contribution in [0.15, 0.2) is 42.5 Å². The number of ether oxygens (including phenoxy) is 1. The molecule has 0 unspecified atom stereocenters. The third-order valence-corrected chi connectivity index (χ3v) is 5.10. The lowest BCUT2D eigenvalue weighted by molar-refractivity contribution is 0.102. The van der Waals surface area contributed by atoms with Gasteiger partial charge < -0.3 is 19.7 Å². The Labute approximate surface area is 156 Å². The first kappa shape index (κ1) is 17.7. The Hall–Kier alpha value is -2.70. The van der Waals surface area contributed by atoms with Crippen LogP contribution in [0.25, 0.3) is 10.9 Å². The Morgan fingerprint density at radius 1 is 1.30 bits per heavy atom. The molecule has 0 radical (unpaired) electrons. The summed E-state index contributed by atoms with van der Waals surface area (Å²) in [5.74, 6) is -1.05. The highest BCUT2D eigenvalue weighted by molar-refractivity contribution is 6.05. The number of fused-ring (bicyclic) bond motifs is 1. The fraction of sp³-hybridized carbons (Fsp3) is 0.286. The monoisotopic (exact) mass is 368 g/mol. The second kappa shape index (κ2) is 7.13. The van der Waals surface area contributed by atoms with Crippen LogP contribution < -0.4 is 5.32 Å². The van der Waals surface area contributed by atoms with E-state index in [1.807, 2.05) is 29.8 Å². The average molecular weight is 368 g/mol. The topological polar surface area (TPSA) is 63.5 Å². The van der Waals surface area contributed by atoms with Crippen molar-refractivity contribution in [2.24, 2.45) is 7.05 Å². The zero-order valence-corrected chi connectivity index (χ0v) is 15.0. The van der Waals surface area contributed by atoms with Crippen LogP contribution in [0.2, 0.25) is 0 Å². The Morgan fingerprint density at radius 3 is 2.85 bits per heavy atom. The van der Waals surface area contributed by atoms with Gasteiger partial charge >= 0.3 is 0 Å². The largest absolute Gasteiger partial charge is 0.390 e. The second-order valence-corrected chi connectivity index (χ2v) is 6.82. The number of anilines is 1. The summed E-state index contributed by atoms with van der Waals surface area (Å²) in [6.45, 7) is 0.629. The maximum absolute atomic E-state index is 14.5. The maximum Gasteiger partial charge on any atom is 0.258 e. The summed E-state index contributed by atoms with van der Waals surface area (Å²) in [4.78, 5) is 12.5. The molecule has 0 bridgehead atoms. The Morgan fingerprint density at radius 2 is 2.15 bits per heavy atom. The van der Waals surface area contributed by atoms with Gasteiger partial charge in [0.25, 0.3) is 5.91 Å². The molecular weight excluding hydrogens is 347 g/mol. The van der Waals surface area contributed by atoms with Crippen molar-refractivity contribution >= 4 is 22.5 Å². The summed E-state index contributed by atoms with van der Waals surface area (Å²) in [6.07, 6.45) is 1.75. The molecule has 0 saturated carbocycles. The second-order valence-electron chi connectivity index (χ2n) is 6.82. The number of carbonyl (C=O) groups excluding carboxylic acids is 1. The van der Waals surface area contributed by atoms with Crippen LogP contribution in [0.4, 0.5) is 10.1 Å². The summed E-state index contributed by atoms with van der Waals surface area (Å²) < 4.78 is 21.9. The first-order chi connectivity index (χ1) is 13.1. The van der Waals surface area contributed by atoms with E-state index in [-0.39, 0.29) is 18.3 Å². The van der Waals surface area contributed by atoms with Gasteiger partial charge in [-0.2, -0.15) is 0 Å². The fourth-order valence-corrected chi connectivity index (χ4v) is 3.59. The number of hydrogen-bond donors (Lipinski definition) is 2. The number of rotatable bonds is 4. The molecule has 5 nitrogen and oxygen atoms in total. The number of amides is 1. The van der Waals surface area contributed by atoms with Crippen molar-refractivity contribution < 1.29 is 19.0 Å². The summed E-state index contributed by atoms with van der Waals surface area (Å²) in [6, 6.07) is 11.9. The molecule has 2 aromatic carbocycles. The summed E-state index contributed by atoms with van der Waals surface area (Å²) >= 11 is 0. The van der Waals surface area contributed by atoms with E-state index in [0.717, 1.165) is 35.0 Å². The highest BCUT2D eigenvalue weighted by Crippen LogP contribution is 2.29. The predicted octanol–water partition coefficient (Wildman–Crippen LogP) is 3.91. The van der Waals surface area contributed by atoms with E-state index < -0.39 is 11.7 Å². The zero-order chi connectivity index (χ0) is 19.0. The number of nitrogens with one attached hydrogen (secondary N) is 1. The number of carbonyl (C=O) groups is 1. The third-order valence-electron chi connectivity index (χ3n) is 5.10. The molecule has 6 heteroatoms. The van der Waals surface area contributed by atoms with E-state index in [4.69, 9.17) is 4.74 Å². The molecule has 2 heterocycles. The molecule has 0 spiro atoms. The summed E-state index contributed by atoms with van der Waals surface area (Å²) in [5, 5.41) is 13.0. The molecule has 0 aliphatic carbocycles. The highest BCUT2D eigenvalue weighted by atomic mass is 19.1. The average Bonchev–Trinajstić information content (AvgIpc) is 3.30. The number of aromatic nitrogens is 1. The normalized spacial score (nSPS) is 16.8. The fourth-order valence-electron chi connectivity index (χ4n) is 3.59. The number of nitrogens with zero attached hydrogens (tertiary/aromatic N) is 1. The molecule has 27 heavy (non-hydrogen) atoms. The minimum atomic E-state index is -0.552. The summed E-state index contributed by atoms with van der Waals surface area (Å²) in [7, 11) is 1.87. The van der Waals surface area contributed by atoms with Crippen molar-refractivity contribution in [3.05, 3.63) is 65.1 Å². The molecule has 2 N–H and O–H groups in total. The van der Waals surface area contributed by atoms with Crippen LogP contribution in [-0.4, -0.2) is 22.2 Å². The molecule has 140 valence electrons. The number of aryl methyl sites for hydroxylation is 1. The first-order valence-electron chi connectivity index (χ1n) is 8.98. The number of aliphatic hydroxyl groups is 1. The number of aliphatic hydroxyl groups excluding tert-OH is 1. The molecule has 1 aromatic heterocycles. The van der Waals surface area contributed by atoms with Gasteiger partial charge in [-0.25, -0.2) is 4.39 Å². The van der Waals surface area contributed by atoms with Crippen LogP contribution in [0.3, 0.4) is 0 Å². The summed E-state index contributed by atoms with van der Waals surface area (Å²) in [5.41, 5.74) is 3.07. The van der Waals surface area contributed by atoms with Gasteiger partial charge in [0.2, 0.25) is 0 Å². The quantitative estimate of drug-likeness (QED) is 0.734. The molecule has 1 fully saturated rings. The smallest absolute Gasteiger partial charge is 0.258 e. The Kier molecular flexibility index (Phi) is 4.68. The predicted molar refractivity (Wildman–Crippen MR) is 101 cm³/mol. The van der Waals surface area contributed by atoms with E-state index in [2.05, 4.69) is 5.32 Å². The molecule has 1 amide bonds. The van der Waals surface area contributed by atoms with Gasteiger partial charge in [-0.1, -0.05) is 6.07 Å². The van der Waals surface area contributed by atoms with E-state index in [9.17, 15) is 14.3 Å². The van der Waals surface area contributed by atoms with Crippen molar-refractivity contribution in [1.82, 2.24) is 4.57 Å². The van der Waals surface area contributed by atoms with Gasteiger partial charge in [-0.3, -0.25) is 4.79 Å². The van der Waals surface area contributed by atoms with Crippen LogP contribution >= 0.6 is 0 Å². The SMILES string of the molecule is Cn1c(CO)cc2cc(NC(=O)c3ccc([C@@H]4CCCO4)cc3F)ccc21. The molecule has 1 atom stereocenters. The third kappa shape index (κ3) is 3.34. The van der Waals surface area contributed by atoms with E-state index in [1.165, 1.54) is 12.1 Å². The van der Waals surface area contributed by atoms with Crippen molar-refractivity contribution in [2.45, 2.75) is 25.6 Å². The van der Waals surface area contributed by atoms with Gasteiger partial charge in [0, 0.05) is 35.9 Å². The highest BCUT2D eigenvalue weighted by Gasteiger charge is 2.20. The van der Waals surface area contributed by atoms with Gasteiger partial charge in [0.1, 0.15) is 5.82 Å². The Balaban J connectivity index is 1.55. The minimum Gasteiger partial charge on any atom is -0.390 e.